The molecule has 2 heterocycles. The lowest BCUT2D eigenvalue weighted by Crippen LogP contribution is -2.49. The summed E-state index contributed by atoms with van der Waals surface area (Å²) in [5.74, 6) is 1.58. The van der Waals surface area contributed by atoms with Crippen molar-refractivity contribution in [2.75, 3.05) is 31.1 Å². The molecule has 0 atom stereocenters. The van der Waals surface area contributed by atoms with Crippen molar-refractivity contribution >= 4 is 11.7 Å². The second-order valence-electron chi connectivity index (χ2n) is 7.75. The van der Waals surface area contributed by atoms with Crippen LogP contribution >= 0.6 is 0 Å². The van der Waals surface area contributed by atoms with E-state index >= 15 is 0 Å². The van der Waals surface area contributed by atoms with Gasteiger partial charge in [0, 0.05) is 37.9 Å². The predicted octanol–water partition coefficient (Wildman–Crippen LogP) is 3.96. The highest BCUT2D eigenvalue weighted by molar-refractivity contribution is 5.94. The van der Waals surface area contributed by atoms with Gasteiger partial charge in [0.2, 0.25) is 0 Å². The van der Waals surface area contributed by atoms with Gasteiger partial charge >= 0.3 is 0 Å². The van der Waals surface area contributed by atoms with Crippen molar-refractivity contribution < 1.29 is 4.79 Å². The minimum atomic E-state index is 0.105. The Bertz CT molecular complexity index is 857. The Morgan fingerprint density at radius 3 is 2.39 bits per heavy atom. The maximum Gasteiger partial charge on any atom is 0.253 e. The van der Waals surface area contributed by atoms with Gasteiger partial charge in [0.15, 0.2) is 0 Å². The number of nitrogens with zero attached hydrogens (tertiary/aromatic N) is 4. The highest BCUT2D eigenvalue weighted by Gasteiger charge is 2.23. The Kier molecular flexibility index (Phi) is 5.57. The van der Waals surface area contributed by atoms with E-state index in [0.717, 1.165) is 24.5 Å². The van der Waals surface area contributed by atoms with E-state index in [1.54, 1.807) is 12.3 Å². The number of pyridine rings is 1. The molecule has 1 aromatic carbocycles. The minimum absolute atomic E-state index is 0.105. The molecule has 28 heavy (non-hydrogen) atoms. The van der Waals surface area contributed by atoms with Crippen LogP contribution in [-0.4, -0.2) is 42.0 Å². The van der Waals surface area contributed by atoms with Crippen molar-refractivity contribution in [2.24, 2.45) is 0 Å². The number of piperazine rings is 1. The van der Waals surface area contributed by atoms with E-state index in [2.05, 4.69) is 28.1 Å². The quantitative estimate of drug-likeness (QED) is 0.816. The van der Waals surface area contributed by atoms with Gasteiger partial charge in [-0.2, -0.15) is 5.26 Å². The van der Waals surface area contributed by atoms with Crippen molar-refractivity contribution in [1.82, 2.24) is 9.88 Å². The number of amides is 1. The first-order valence-electron chi connectivity index (χ1n) is 10.2. The smallest absolute Gasteiger partial charge is 0.253 e. The maximum atomic E-state index is 12.9. The summed E-state index contributed by atoms with van der Waals surface area (Å²) in [6.45, 7) is 2.80. The van der Waals surface area contributed by atoms with Crippen LogP contribution in [0, 0.1) is 11.3 Å². The Morgan fingerprint density at radius 1 is 1.00 bits per heavy atom. The zero-order valence-electron chi connectivity index (χ0n) is 16.2. The number of hydrogen-bond acceptors (Lipinski definition) is 4. The molecular formula is C23H26N4O. The molecule has 1 saturated heterocycles. The average Bonchev–Trinajstić information content (AvgIpc) is 2.79. The predicted molar refractivity (Wildman–Crippen MR) is 109 cm³/mol. The standard InChI is InChI=1S/C23H26N4O/c24-17-18-10-11-25-22(16-18)26-12-14-27(15-13-26)23(28)21-8-6-20(7-9-21)19-4-2-1-3-5-19/h6-11,16,19H,1-5,12-15H2. The minimum Gasteiger partial charge on any atom is -0.353 e. The Labute approximate surface area is 166 Å². The summed E-state index contributed by atoms with van der Waals surface area (Å²) in [4.78, 5) is 21.3. The second-order valence-corrected chi connectivity index (χ2v) is 7.75. The monoisotopic (exact) mass is 374 g/mol. The number of nitriles is 1. The first-order chi connectivity index (χ1) is 13.7. The van der Waals surface area contributed by atoms with Gasteiger partial charge in [-0.15, -0.1) is 0 Å². The highest BCUT2D eigenvalue weighted by atomic mass is 16.2. The second kappa shape index (κ2) is 8.43. The van der Waals surface area contributed by atoms with Crippen LogP contribution in [0.5, 0.6) is 0 Å². The molecule has 0 radical (unpaired) electrons. The summed E-state index contributed by atoms with van der Waals surface area (Å²) in [6, 6.07) is 14.0. The van der Waals surface area contributed by atoms with Crippen molar-refractivity contribution in [3.8, 4) is 6.07 Å². The van der Waals surface area contributed by atoms with E-state index in [0.29, 0.717) is 24.6 Å². The van der Waals surface area contributed by atoms with Crippen molar-refractivity contribution in [3.63, 3.8) is 0 Å². The molecule has 5 heteroatoms. The van der Waals surface area contributed by atoms with Gasteiger partial charge in [-0.1, -0.05) is 31.4 Å². The summed E-state index contributed by atoms with van der Waals surface area (Å²) in [6.07, 6.45) is 8.21. The van der Waals surface area contributed by atoms with Crippen LogP contribution < -0.4 is 4.90 Å². The van der Waals surface area contributed by atoms with Crippen molar-refractivity contribution in [3.05, 3.63) is 59.3 Å². The van der Waals surface area contributed by atoms with Crippen LogP contribution in [0.25, 0.3) is 0 Å². The third kappa shape index (κ3) is 4.01. The van der Waals surface area contributed by atoms with E-state index in [4.69, 9.17) is 5.26 Å². The molecule has 1 aliphatic heterocycles. The average molecular weight is 374 g/mol. The van der Waals surface area contributed by atoms with E-state index in [1.807, 2.05) is 23.1 Å². The number of carbonyl (C=O) groups excluding carboxylic acids is 1. The first-order valence-corrected chi connectivity index (χ1v) is 10.2. The SMILES string of the molecule is N#Cc1ccnc(N2CCN(C(=O)c3ccc(C4CCCCC4)cc3)CC2)c1. The van der Waals surface area contributed by atoms with Gasteiger partial charge in [0.1, 0.15) is 5.82 Å². The molecule has 2 fully saturated rings. The number of anilines is 1. The molecule has 2 aromatic rings. The third-order valence-electron chi connectivity index (χ3n) is 6.00. The fourth-order valence-electron chi connectivity index (χ4n) is 4.32. The van der Waals surface area contributed by atoms with Gasteiger partial charge in [-0.05, 0) is 48.6 Å². The lowest BCUT2D eigenvalue weighted by molar-refractivity contribution is 0.0746. The molecular weight excluding hydrogens is 348 g/mol. The van der Waals surface area contributed by atoms with Gasteiger partial charge in [0.05, 0.1) is 11.6 Å². The van der Waals surface area contributed by atoms with Gasteiger partial charge in [-0.3, -0.25) is 4.79 Å². The molecule has 4 rings (SSSR count). The molecule has 0 bridgehead atoms. The summed E-state index contributed by atoms with van der Waals surface area (Å²) in [5.41, 5.74) is 2.77. The number of benzene rings is 1. The molecule has 1 aromatic heterocycles. The Balaban J connectivity index is 1.36. The Morgan fingerprint density at radius 2 is 1.71 bits per heavy atom. The fourth-order valence-corrected chi connectivity index (χ4v) is 4.32. The van der Waals surface area contributed by atoms with Crippen LogP contribution in [0.15, 0.2) is 42.6 Å². The molecule has 1 aliphatic carbocycles. The summed E-state index contributed by atoms with van der Waals surface area (Å²) >= 11 is 0. The van der Waals surface area contributed by atoms with Gasteiger partial charge < -0.3 is 9.80 Å². The number of carbonyl (C=O) groups is 1. The van der Waals surface area contributed by atoms with E-state index in [9.17, 15) is 4.79 Å². The largest absolute Gasteiger partial charge is 0.353 e. The first kappa shape index (κ1) is 18.5. The van der Waals surface area contributed by atoms with Crippen molar-refractivity contribution in [1.29, 1.82) is 5.26 Å². The van der Waals surface area contributed by atoms with Crippen LogP contribution in [-0.2, 0) is 0 Å². The lowest BCUT2D eigenvalue weighted by atomic mass is 9.84. The normalized spacial score (nSPS) is 18.0. The zero-order valence-corrected chi connectivity index (χ0v) is 16.2. The third-order valence-corrected chi connectivity index (χ3v) is 6.00. The zero-order chi connectivity index (χ0) is 19.3. The van der Waals surface area contributed by atoms with Gasteiger partial charge in [0.25, 0.3) is 5.91 Å². The number of rotatable bonds is 3. The number of hydrogen-bond donors (Lipinski definition) is 0. The summed E-state index contributed by atoms with van der Waals surface area (Å²) in [5, 5.41) is 9.05. The van der Waals surface area contributed by atoms with Gasteiger partial charge in [-0.25, -0.2) is 4.98 Å². The van der Waals surface area contributed by atoms with Crippen molar-refractivity contribution in [2.45, 2.75) is 38.0 Å². The van der Waals surface area contributed by atoms with Crippen LogP contribution in [0.1, 0.15) is 59.5 Å². The molecule has 1 amide bonds. The topological polar surface area (TPSA) is 60.2 Å². The molecule has 0 N–H and O–H groups in total. The molecule has 1 saturated carbocycles. The molecule has 144 valence electrons. The molecule has 2 aliphatic rings. The summed E-state index contributed by atoms with van der Waals surface area (Å²) < 4.78 is 0. The van der Waals surface area contributed by atoms with E-state index in [-0.39, 0.29) is 5.91 Å². The molecule has 0 unspecified atom stereocenters. The molecule has 0 spiro atoms. The summed E-state index contributed by atoms with van der Waals surface area (Å²) in [7, 11) is 0. The Hall–Kier alpha value is -2.87. The van der Waals surface area contributed by atoms with Crippen LogP contribution in [0.4, 0.5) is 5.82 Å². The fraction of sp³-hybridized carbons (Fsp3) is 0.435. The molecule has 5 nitrogen and oxygen atoms in total. The lowest BCUT2D eigenvalue weighted by Gasteiger charge is -2.35. The maximum absolute atomic E-state index is 12.9. The van der Waals surface area contributed by atoms with E-state index < -0.39 is 0 Å². The van der Waals surface area contributed by atoms with Crippen LogP contribution in [0.2, 0.25) is 0 Å². The number of aromatic nitrogens is 1. The van der Waals surface area contributed by atoms with Crippen LogP contribution in [0.3, 0.4) is 0 Å². The van der Waals surface area contributed by atoms with E-state index in [1.165, 1.54) is 37.7 Å². The highest BCUT2D eigenvalue weighted by Crippen LogP contribution is 2.32.